The van der Waals surface area contributed by atoms with Gasteiger partial charge < -0.3 is 10.2 Å². The van der Waals surface area contributed by atoms with Crippen molar-refractivity contribution in [1.29, 1.82) is 0 Å². The van der Waals surface area contributed by atoms with Crippen molar-refractivity contribution in [3.05, 3.63) is 106 Å². The molecule has 0 unspecified atom stereocenters. The highest BCUT2D eigenvalue weighted by Crippen LogP contribution is 2.24. The van der Waals surface area contributed by atoms with Gasteiger partial charge in [0.25, 0.3) is 5.69 Å². The Kier molecular flexibility index (Phi) is 9.78. The van der Waals surface area contributed by atoms with Crippen LogP contribution in [-0.4, -0.2) is 55.4 Å². The first-order valence-corrected chi connectivity index (χ1v) is 14.2. The van der Waals surface area contributed by atoms with Gasteiger partial charge >= 0.3 is 0 Å². The van der Waals surface area contributed by atoms with Crippen LogP contribution < -0.4 is 9.62 Å². The monoisotopic (exact) mass is 552 g/mol. The second kappa shape index (κ2) is 13.0. The van der Waals surface area contributed by atoms with E-state index in [1.54, 1.807) is 6.92 Å². The van der Waals surface area contributed by atoms with Crippen molar-refractivity contribution in [1.82, 2.24) is 10.2 Å². The lowest BCUT2D eigenvalue weighted by atomic mass is 10.0. The molecule has 3 aromatic carbocycles. The molecule has 0 aromatic heterocycles. The van der Waals surface area contributed by atoms with Gasteiger partial charge in [-0.2, -0.15) is 0 Å². The lowest BCUT2D eigenvalue weighted by Gasteiger charge is -2.33. The number of nitro benzene ring substituents is 1. The quantitative estimate of drug-likeness (QED) is 0.271. The molecular formula is C28H32N4O6S. The van der Waals surface area contributed by atoms with Gasteiger partial charge in [-0.15, -0.1) is 0 Å². The molecule has 3 rings (SSSR count). The number of amides is 2. The zero-order valence-electron chi connectivity index (χ0n) is 22.1. The third kappa shape index (κ3) is 8.11. The molecule has 1 atom stereocenters. The maximum atomic E-state index is 13.9. The first-order valence-electron chi connectivity index (χ1n) is 12.4. The molecule has 0 heterocycles. The third-order valence-corrected chi connectivity index (χ3v) is 7.24. The van der Waals surface area contributed by atoms with Gasteiger partial charge in [0.15, 0.2) is 0 Å². The van der Waals surface area contributed by atoms with E-state index in [0.717, 1.165) is 33.3 Å². The fourth-order valence-corrected chi connectivity index (χ4v) is 4.95. The lowest BCUT2D eigenvalue weighted by molar-refractivity contribution is -0.384. The van der Waals surface area contributed by atoms with Crippen LogP contribution in [0.25, 0.3) is 0 Å². The van der Waals surface area contributed by atoms with Crippen LogP contribution in [0.5, 0.6) is 0 Å². The van der Waals surface area contributed by atoms with E-state index < -0.39 is 33.4 Å². The fourth-order valence-electron chi connectivity index (χ4n) is 4.11. The Hall–Kier alpha value is -4.25. The van der Waals surface area contributed by atoms with E-state index in [-0.39, 0.29) is 30.2 Å². The van der Waals surface area contributed by atoms with Gasteiger partial charge in [0.05, 0.1) is 16.9 Å². The number of hydrogen-bond acceptors (Lipinski definition) is 6. The number of carbonyl (C=O) groups is 2. The molecule has 0 aliphatic carbocycles. The van der Waals surface area contributed by atoms with Crippen molar-refractivity contribution in [2.24, 2.45) is 0 Å². The average molecular weight is 553 g/mol. The number of anilines is 1. The van der Waals surface area contributed by atoms with Crippen molar-refractivity contribution in [2.75, 3.05) is 23.7 Å². The summed E-state index contributed by atoms with van der Waals surface area (Å²) in [5, 5.41) is 14.1. The largest absolute Gasteiger partial charge is 0.355 e. The number of non-ortho nitro benzene ring substituents is 1. The zero-order valence-corrected chi connectivity index (χ0v) is 22.9. The number of aryl methyl sites for hydroxylation is 1. The number of nitrogens with one attached hydrogen (secondary N) is 1. The van der Waals surface area contributed by atoms with Crippen molar-refractivity contribution < 1.29 is 22.9 Å². The molecule has 0 saturated carbocycles. The van der Waals surface area contributed by atoms with Gasteiger partial charge in [0, 0.05) is 31.6 Å². The van der Waals surface area contributed by atoms with Crippen LogP contribution in [-0.2, 0) is 32.6 Å². The van der Waals surface area contributed by atoms with Crippen LogP contribution in [0, 0.1) is 17.0 Å². The molecule has 0 spiro atoms. The summed E-state index contributed by atoms with van der Waals surface area (Å²) in [6.07, 6.45) is 1.13. The topological polar surface area (TPSA) is 130 Å². The molecule has 0 saturated heterocycles. The van der Waals surface area contributed by atoms with Crippen LogP contribution in [0.15, 0.2) is 78.9 Å². The number of sulfonamides is 1. The minimum absolute atomic E-state index is 0.0204. The summed E-state index contributed by atoms with van der Waals surface area (Å²) in [4.78, 5) is 39.2. The number of nitrogens with zero attached hydrogens (tertiary/aromatic N) is 3. The van der Waals surface area contributed by atoms with Crippen molar-refractivity contribution >= 4 is 33.2 Å². The smallest absolute Gasteiger partial charge is 0.271 e. The van der Waals surface area contributed by atoms with Crippen molar-refractivity contribution in [3.8, 4) is 0 Å². The van der Waals surface area contributed by atoms with E-state index in [9.17, 15) is 28.1 Å². The molecule has 2 amide bonds. The lowest BCUT2D eigenvalue weighted by Crippen LogP contribution is -2.53. The van der Waals surface area contributed by atoms with Gasteiger partial charge in [-0.05, 0) is 31.0 Å². The first-order chi connectivity index (χ1) is 18.5. The minimum atomic E-state index is -4.02. The van der Waals surface area contributed by atoms with Crippen LogP contribution >= 0.6 is 0 Å². The van der Waals surface area contributed by atoms with Gasteiger partial charge in [0.2, 0.25) is 21.8 Å². The summed E-state index contributed by atoms with van der Waals surface area (Å²) in [6, 6.07) is 20.9. The average Bonchev–Trinajstić information content (AvgIpc) is 2.90. The summed E-state index contributed by atoms with van der Waals surface area (Å²) in [6.45, 7) is 3.47. The number of carbonyl (C=O) groups excluding carboxylic acids is 2. The number of rotatable bonds is 12. The van der Waals surface area contributed by atoms with Crippen LogP contribution in [0.3, 0.4) is 0 Å². The Labute approximate surface area is 228 Å². The maximum Gasteiger partial charge on any atom is 0.271 e. The predicted molar refractivity (Wildman–Crippen MR) is 150 cm³/mol. The molecule has 10 nitrogen and oxygen atoms in total. The highest BCUT2D eigenvalue weighted by Gasteiger charge is 2.33. The Morgan fingerprint density at radius 3 is 2.23 bits per heavy atom. The zero-order chi connectivity index (χ0) is 28.6. The minimum Gasteiger partial charge on any atom is -0.355 e. The van der Waals surface area contributed by atoms with Gasteiger partial charge in [-0.25, -0.2) is 8.42 Å². The van der Waals surface area contributed by atoms with Gasteiger partial charge in [-0.3, -0.25) is 24.0 Å². The SMILES string of the molecule is CCNC(=O)[C@H](Cc1ccccc1)N(Cc1ccc(C)cc1)C(=O)CN(c1cccc([N+](=O)[O-])c1)S(C)(=O)=O. The Morgan fingerprint density at radius 1 is 0.974 bits per heavy atom. The standard InChI is InChI=1S/C28H32N4O6S/c1-4-29-28(34)26(17-22-9-6-5-7-10-22)30(19-23-15-13-21(2)14-16-23)27(33)20-31(39(3,37)38)24-11-8-12-25(18-24)32(35)36/h5-16,18,26H,4,17,19-20H2,1-3H3,(H,29,34)/t26-/m0/s1. The number of hydrogen-bond donors (Lipinski definition) is 1. The highest BCUT2D eigenvalue weighted by atomic mass is 32.2. The first kappa shape index (κ1) is 29.3. The second-order valence-electron chi connectivity index (χ2n) is 9.15. The van der Waals surface area contributed by atoms with Gasteiger partial charge in [-0.1, -0.05) is 66.2 Å². The van der Waals surface area contributed by atoms with E-state index in [0.29, 0.717) is 6.54 Å². The Balaban J connectivity index is 2.05. The molecular weight excluding hydrogens is 520 g/mol. The molecule has 0 aliphatic rings. The Bertz CT molecular complexity index is 1410. The fraction of sp³-hybridized carbons (Fsp3) is 0.286. The number of likely N-dealkylation sites (N-methyl/N-ethyl adjacent to an activating group) is 1. The van der Waals surface area contributed by atoms with Crippen molar-refractivity contribution in [3.63, 3.8) is 0 Å². The maximum absolute atomic E-state index is 13.9. The van der Waals surface area contributed by atoms with Crippen molar-refractivity contribution in [2.45, 2.75) is 32.9 Å². The molecule has 0 fully saturated rings. The van der Waals surface area contributed by atoms with E-state index in [4.69, 9.17) is 0 Å². The summed E-state index contributed by atoms with van der Waals surface area (Å²) < 4.78 is 26.4. The number of nitro groups is 1. The molecule has 0 radical (unpaired) electrons. The van der Waals surface area contributed by atoms with Crippen LogP contribution in [0.2, 0.25) is 0 Å². The molecule has 1 N–H and O–H groups in total. The molecule has 0 bridgehead atoms. The third-order valence-electron chi connectivity index (χ3n) is 6.10. The summed E-state index contributed by atoms with van der Waals surface area (Å²) in [5.74, 6) is -0.997. The molecule has 206 valence electrons. The summed E-state index contributed by atoms with van der Waals surface area (Å²) in [7, 11) is -4.02. The summed E-state index contributed by atoms with van der Waals surface area (Å²) in [5.41, 5.74) is 2.28. The molecule has 3 aromatic rings. The molecule has 39 heavy (non-hydrogen) atoms. The van der Waals surface area contributed by atoms with E-state index >= 15 is 0 Å². The molecule has 0 aliphatic heterocycles. The number of benzene rings is 3. The van der Waals surface area contributed by atoms with Crippen LogP contribution in [0.1, 0.15) is 23.6 Å². The van der Waals surface area contributed by atoms with Gasteiger partial charge in [0.1, 0.15) is 12.6 Å². The highest BCUT2D eigenvalue weighted by molar-refractivity contribution is 7.92. The Morgan fingerprint density at radius 2 is 1.64 bits per heavy atom. The second-order valence-corrected chi connectivity index (χ2v) is 11.1. The van der Waals surface area contributed by atoms with Crippen LogP contribution in [0.4, 0.5) is 11.4 Å². The summed E-state index contributed by atoms with van der Waals surface area (Å²) >= 11 is 0. The molecule has 11 heteroatoms. The van der Waals surface area contributed by atoms with E-state index in [2.05, 4.69) is 5.32 Å². The van der Waals surface area contributed by atoms with E-state index in [1.165, 1.54) is 23.1 Å². The van der Waals surface area contributed by atoms with E-state index in [1.807, 2.05) is 61.5 Å². The normalized spacial score (nSPS) is 11.9. The predicted octanol–water partition coefficient (Wildman–Crippen LogP) is 3.45.